The van der Waals surface area contributed by atoms with Gasteiger partial charge in [0.25, 0.3) is 0 Å². The van der Waals surface area contributed by atoms with E-state index < -0.39 is 0 Å². The van der Waals surface area contributed by atoms with E-state index in [2.05, 4.69) is 0 Å². The first-order valence-electron chi connectivity index (χ1n) is 6.53. The molecule has 0 amide bonds. The van der Waals surface area contributed by atoms with Gasteiger partial charge in [0.1, 0.15) is 11.5 Å². The summed E-state index contributed by atoms with van der Waals surface area (Å²) in [5.41, 5.74) is 0. The predicted octanol–water partition coefficient (Wildman–Crippen LogP) is 2.99. The zero-order valence-corrected chi connectivity index (χ0v) is 10.4. The summed E-state index contributed by atoms with van der Waals surface area (Å²) in [7, 11) is 0. The first kappa shape index (κ1) is 12.9. The topological polar surface area (TPSA) is 52.6 Å². The maximum atomic E-state index is 11.5. The molecule has 98 valence electrons. The normalized spacial score (nSPS) is 18.2. The van der Waals surface area contributed by atoms with Gasteiger partial charge in [-0.3, -0.25) is 9.59 Å². The van der Waals surface area contributed by atoms with Crippen molar-refractivity contribution < 1.29 is 19.1 Å². The number of hydrogen-bond acceptors (Lipinski definition) is 4. The Kier molecular flexibility index (Phi) is 4.56. The lowest BCUT2D eigenvalue weighted by Gasteiger charge is -2.06. The van der Waals surface area contributed by atoms with Crippen LogP contribution < -0.4 is 0 Å². The molecule has 2 aliphatic rings. The third-order valence-corrected chi connectivity index (χ3v) is 3.02. The average molecular weight is 250 g/mol. The average Bonchev–Trinajstić information content (AvgIpc) is 2.99. The molecule has 0 saturated heterocycles. The zero-order chi connectivity index (χ0) is 12.8. The van der Waals surface area contributed by atoms with Crippen molar-refractivity contribution in [3.05, 3.63) is 23.7 Å². The van der Waals surface area contributed by atoms with E-state index in [9.17, 15) is 9.59 Å². The van der Waals surface area contributed by atoms with Crippen molar-refractivity contribution in [1.29, 1.82) is 0 Å². The van der Waals surface area contributed by atoms with Crippen molar-refractivity contribution in [3.63, 3.8) is 0 Å². The molecule has 0 aliphatic heterocycles. The zero-order valence-electron chi connectivity index (χ0n) is 10.4. The number of carbonyl (C=O) groups is 2. The van der Waals surface area contributed by atoms with Crippen molar-refractivity contribution in [2.24, 2.45) is 0 Å². The molecular formula is C14H18O4. The fourth-order valence-electron chi connectivity index (χ4n) is 2.07. The highest BCUT2D eigenvalue weighted by atomic mass is 16.5. The van der Waals surface area contributed by atoms with Crippen LogP contribution in [0.3, 0.4) is 0 Å². The Morgan fingerprint density at radius 2 is 1.33 bits per heavy atom. The molecule has 0 aromatic heterocycles. The number of hydrogen-bond donors (Lipinski definition) is 0. The highest BCUT2D eigenvalue weighted by Gasteiger charge is 2.15. The second-order valence-electron chi connectivity index (χ2n) is 4.57. The Balaban J connectivity index is 1.64. The maximum Gasteiger partial charge on any atom is 0.311 e. The molecule has 0 unspecified atom stereocenters. The molecule has 0 heterocycles. The largest absolute Gasteiger partial charge is 0.431 e. The first-order chi connectivity index (χ1) is 8.74. The van der Waals surface area contributed by atoms with Crippen molar-refractivity contribution in [3.8, 4) is 0 Å². The van der Waals surface area contributed by atoms with E-state index >= 15 is 0 Å². The van der Waals surface area contributed by atoms with E-state index in [4.69, 9.17) is 9.47 Å². The van der Waals surface area contributed by atoms with Gasteiger partial charge in [-0.25, -0.2) is 0 Å². The standard InChI is InChI=1S/C14H18O4/c15-13(17-11-5-1-2-6-11)9-10-14(16)18-12-7-3-4-8-12/h5,7H,1-4,6,8-10H2. The third-order valence-electron chi connectivity index (χ3n) is 3.02. The number of rotatable bonds is 5. The Hall–Kier alpha value is -1.58. The molecule has 4 heteroatoms. The minimum absolute atomic E-state index is 0.0868. The quantitative estimate of drug-likeness (QED) is 0.704. The van der Waals surface area contributed by atoms with Gasteiger partial charge in [0.2, 0.25) is 0 Å². The molecule has 4 nitrogen and oxygen atoms in total. The van der Waals surface area contributed by atoms with Gasteiger partial charge in [0.05, 0.1) is 12.8 Å². The molecule has 0 aromatic rings. The summed E-state index contributed by atoms with van der Waals surface area (Å²) in [6.07, 6.45) is 9.70. The molecule has 18 heavy (non-hydrogen) atoms. The Morgan fingerprint density at radius 3 is 1.67 bits per heavy atom. The van der Waals surface area contributed by atoms with Gasteiger partial charge in [0, 0.05) is 12.8 Å². The van der Waals surface area contributed by atoms with Gasteiger partial charge in [-0.05, 0) is 37.8 Å². The SMILES string of the molecule is O=C(CCC(=O)OC1=CCCC1)OC1=CCCC1. The molecule has 0 atom stereocenters. The smallest absolute Gasteiger partial charge is 0.311 e. The summed E-state index contributed by atoms with van der Waals surface area (Å²) >= 11 is 0. The van der Waals surface area contributed by atoms with Gasteiger partial charge >= 0.3 is 11.9 Å². The summed E-state index contributed by atoms with van der Waals surface area (Å²) < 4.78 is 10.3. The molecule has 0 saturated carbocycles. The molecule has 0 bridgehead atoms. The molecule has 0 fully saturated rings. The van der Waals surface area contributed by atoms with Crippen LogP contribution in [0.15, 0.2) is 23.7 Å². The van der Waals surface area contributed by atoms with Gasteiger partial charge in [-0.15, -0.1) is 0 Å². The third kappa shape index (κ3) is 4.02. The van der Waals surface area contributed by atoms with Gasteiger partial charge in [0.15, 0.2) is 0 Å². The summed E-state index contributed by atoms with van der Waals surface area (Å²) in [6.45, 7) is 0. The van der Waals surface area contributed by atoms with Gasteiger partial charge in [-0.2, -0.15) is 0 Å². The second kappa shape index (κ2) is 6.38. The van der Waals surface area contributed by atoms with Crippen LogP contribution in [0.1, 0.15) is 51.4 Å². The Bertz CT molecular complexity index is 355. The lowest BCUT2D eigenvalue weighted by molar-refractivity contribution is -0.146. The van der Waals surface area contributed by atoms with Crippen LogP contribution in [-0.4, -0.2) is 11.9 Å². The van der Waals surface area contributed by atoms with Crippen molar-refractivity contribution in [1.82, 2.24) is 0 Å². The summed E-state index contributed by atoms with van der Waals surface area (Å²) in [4.78, 5) is 22.9. The van der Waals surface area contributed by atoms with Crippen LogP contribution in [0, 0.1) is 0 Å². The number of allylic oxidation sites excluding steroid dienone is 4. The molecule has 2 aliphatic carbocycles. The fourth-order valence-corrected chi connectivity index (χ4v) is 2.07. The lowest BCUT2D eigenvalue weighted by Crippen LogP contribution is -2.09. The fraction of sp³-hybridized carbons (Fsp3) is 0.571. The van der Waals surface area contributed by atoms with Crippen molar-refractivity contribution >= 4 is 11.9 Å². The first-order valence-corrected chi connectivity index (χ1v) is 6.53. The number of carbonyl (C=O) groups excluding carboxylic acids is 2. The van der Waals surface area contributed by atoms with Crippen molar-refractivity contribution in [2.75, 3.05) is 0 Å². The van der Waals surface area contributed by atoms with E-state index in [1.54, 1.807) is 0 Å². The Morgan fingerprint density at radius 1 is 0.889 bits per heavy atom. The summed E-state index contributed by atoms with van der Waals surface area (Å²) in [5, 5.41) is 0. The molecule has 0 aromatic carbocycles. The lowest BCUT2D eigenvalue weighted by atomic mass is 10.3. The monoisotopic (exact) mass is 250 g/mol. The highest BCUT2D eigenvalue weighted by Crippen LogP contribution is 2.20. The molecule has 0 spiro atoms. The summed E-state index contributed by atoms with van der Waals surface area (Å²) in [5.74, 6) is 0.791. The molecular weight excluding hydrogens is 232 g/mol. The Labute approximate surface area is 107 Å². The van der Waals surface area contributed by atoms with Crippen LogP contribution in [0.5, 0.6) is 0 Å². The second-order valence-corrected chi connectivity index (χ2v) is 4.57. The summed E-state index contributed by atoms with van der Waals surface area (Å²) in [6, 6.07) is 0. The molecule has 0 N–H and O–H groups in total. The van der Waals surface area contributed by atoms with Crippen LogP contribution in [0.4, 0.5) is 0 Å². The van der Waals surface area contributed by atoms with Crippen LogP contribution >= 0.6 is 0 Å². The van der Waals surface area contributed by atoms with Gasteiger partial charge in [-0.1, -0.05) is 0 Å². The van der Waals surface area contributed by atoms with E-state index in [0.29, 0.717) is 0 Å². The minimum Gasteiger partial charge on any atom is -0.431 e. The number of esters is 2. The minimum atomic E-state index is -0.347. The van der Waals surface area contributed by atoms with Crippen LogP contribution in [-0.2, 0) is 19.1 Å². The highest BCUT2D eigenvalue weighted by molar-refractivity contribution is 5.78. The van der Waals surface area contributed by atoms with E-state index in [1.165, 1.54) is 0 Å². The van der Waals surface area contributed by atoms with Crippen molar-refractivity contribution in [2.45, 2.75) is 51.4 Å². The van der Waals surface area contributed by atoms with E-state index in [-0.39, 0.29) is 24.8 Å². The van der Waals surface area contributed by atoms with Crippen LogP contribution in [0.2, 0.25) is 0 Å². The molecule has 0 radical (unpaired) electrons. The van der Waals surface area contributed by atoms with E-state index in [1.807, 2.05) is 12.2 Å². The predicted molar refractivity (Wildman–Crippen MR) is 65.3 cm³/mol. The maximum absolute atomic E-state index is 11.5. The number of ether oxygens (including phenoxy) is 2. The molecule has 2 rings (SSSR count). The van der Waals surface area contributed by atoms with E-state index in [0.717, 1.165) is 50.0 Å². The van der Waals surface area contributed by atoms with Crippen LogP contribution in [0.25, 0.3) is 0 Å². The van der Waals surface area contributed by atoms with Gasteiger partial charge < -0.3 is 9.47 Å².